The molecule has 0 aliphatic rings. The predicted octanol–water partition coefficient (Wildman–Crippen LogP) is 2.22. The highest BCUT2D eigenvalue weighted by Gasteiger charge is 2.12. The number of carbonyl (C=O) groups excluding carboxylic acids is 1. The molecule has 1 aromatic rings. The molecule has 0 aromatic carbocycles. The average molecular weight is 301 g/mol. The SMILES string of the molecule is Cc1[nH]c(=O)c(C(=O)NCCC(C)C)cc1Br. The van der Waals surface area contributed by atoms with Crippen LogP contribution in [-0.2, 0) is 0 Å². The molecule has 2 N–H and O–H groups in total. The number of aryl methyl sites for hydroxylation is 1. The summed E-state index contributed by atoms with van der Waals surface area (Å²) in [4.78, 5) is 26.0. The van der Waals surface area contributed by atoms with Crippen molar-refractivity contribution in [1.29, 1.82) is 0 Å². The maximum absolute atomic E-state index is 11.8. The molecular formula is C12H17BrN2O2. The number of halogens is 1. The average Bonchev–Trinajstić information content (AvgIpc) is 2.22. The molecule has 5 heteroatoms. The molecule has 0 saturated heterocycles. The number of amides is 1. The van der Waals surface area contributed by atoms with Gasteiger partial charge in [-0.1, -0.05) is 13.8 Å². The lowest BCUT2D eigenvalue weighted by Gasteiger charge is -2.07. The van der Waals surface area contributed by atoms with Crippen molar-refractivity contribution < 1.29 is 4.79 Å². The van der Waals surface area contributed by atoms with Crippen LogP contribution in [0.3, 0.4) is 0 Å². The summed E-state index contributed by atoms with van der Waals surface area (Å²) in [5, 5.41) is 2.74. The zero-order chi connectivity index (χ0) is 13.0. The number of carbonyl (C=O) groups is 1. The summed E-state index contributed by atoms with van der Waals surface area (Å²) in [5.74, 6) is 0.200. The first-order valence-corrected chi connectivity index (χ1v) is 6.38. The quantitative estimate of drug-likeness (QED) is 0.896. The van der Waals surface area contributed by atoms with Gasteiger partial charge in [-0.15, -0.1) is 0 Å². The molecule has 0 fully saturated rings. The molecule has 0 bridgehead atoms. The monoisotopic (exact) mass is 300 g/mol. The van der Waals surface area contributed by atoms with Crippen molar-refractivity contribution in [2.45, 2.75) is 27.2 Å². The standard InChI is InChI=1S/C12H17BrN2O2/c1-7(2)4-5-14-11(16)9-6-10(13)8(3)15-12(9)17/h6-7H,4-5H2,1-3H3,(H,14,16)(H,15,17). The lowest BCUT2D eigenvalue weighted by molar-refractivity contribution is 0.0950. The van der Waals surface area contributed by atoms with Crippen LogP contribution in [0.4, 0.5) is 0 Å². The Labute approximate surface area is 109 Å². The maximum Gasteiger partial charge on any atom is 0.261 e. The van der Waals surface area contributed by atoms with E-state index >= 15 is 0 Å². The first kappa shape index (κ1) is 14.0. The Morgan fingerprint density at radius 2 is 2.18 bits per heavy atom. The van der Waals surface area contributed by atoms with Gasteiger partial charge in [0.15, 0.2) is 0 Å². The fraction of sp³-hybridized carbons (Fsp3) is 0.500. The number of aromatic nitrogens is 1. The molecule has 17 heavy (non-hydrogen) atoms. The third-order valence-electron chi connectivity index (χ3n) is 2.43. The van der Waals surface area contributed by atoms with Crippen molar-refractivity contribution >= 4 is 21.8 Å². The molecule has 0 spiro atoms. The Kier molecular flexibility index (Phi) is 4.93. The van der Waals surface area contributed by atoms with E-state index in [0.717, 1.165) is 10.9 Å². The molecule has 1 amide bonds. The van der Waals surface area contributed by atoms with Gasteiger partial charge in [-0.05, 0) is 41.3 Å². The summed E-state index contributed by atoms with van der Waals surface area (Å²) >= 11 is 3.29. The third-order valence-corrected chi connectivity index (χ3v) is 3.25. The van der Waals surface area contributed by atoms with E-state index < -0.39 is 0 Å². The molecule has 1 rings (SSSR count). The fourth-order valence-electron chi connectivity index (χ4n) is 1.34. The van der Waals surface area contributed by atoms with Crippen molar-refractivity contribution in [2.75, 3.05) is 6.54 Å². The first-order valence-electron chi connectivity index (χ1n) is 5.59. The van der Waals surface area contributed by atoms with Crippen molar-refractivity contribution in [3.63, 3.8) is 0 Å². The second kappa shape index (κ2) is 6.00. The van der Waals surface area contributed by atoms with Gasteiger partial charge < -0.3 is 10.3 Å². The number of rotatable bonds is 4. The Hall–Kier alpha value is -1.10. The van der Waals surface area contributed by atoms with E-state index in [1.807, 2.05) is 0 Å². The van der Waals surface area contributed by atoms with Crippen LogP contribution in [0.5, 0.6) is 0 Å². The lowest BCUT2D eigenvalue weighted by Crippen LogP contribution is -2.31. The third kappa shape index (κ3) is 4.00. The van der Waals surface area contributed by atoms with E-state index in [1.54, 1.807) is 13.0 Å². The molecular weight excluding hydrogens is 284 g/mol. The molecule has 1 aromatic heterocycles. The van der Waals surface area contributed by atoms with Crippen LogP contribution in [0.1, 0.15) is 36.3 Å². The molecule has 0 saturated carbocycles. The van der Waals surface area contributed by atoms with E-state index in [-0.39, 0.29) is 17.0 Å². The summed E-state index contributed by atoms with van der Waals surface area (Å²) < 4.78 is 0.728. The van der Waals surface area contributed by atoms with Gasteiger partial charge in [0.25, 0.3) is 11.5 Å². The number of H-pyrrole nitrogens is 1. The lowest BCUT2D eigenvalue weighted by atomic mass is 10.1. The molecule has 0 aliphatic heterocycles. The van der Waals surface area contributed by atoms with E-state index in [9.17, 15) is 9.59 Å². The van der Waals surface area contributed by atoms with Crippen LogP contribution >= 0.6 is 15.9 Å². The van der Waals surface area contributed by atoms with Crippen molar-refractivity contribution in [3.8, 4) is 0 Å². The maximum atomic E-state index is 11.8. The summed E-state index contributed by atoms with van der Waals surface area (Å²) in [7, 11) is 0. The minimum Gasteiger partial charge on any atom is -0.352 e. The molecule has 0 atom stereocenters. The summed E-state index contributed by atoms with van der Waals surface area (Å²) in [6, 6.07) is 1.55. The number of hydrogen-bond donors (Lipinski definition) is 2. The molecule has 94 valence electrons. The van der Waals surface area contributed by atoms with Crippen LogP contribution < -0.4 is 10.9 Å². The van der Waals surface area contributed by atoms with Gasteiger partial charge in [-0.2, -0.15) is 0 Å². The molecule has 4 nitrogen and oxygen atoms in total. The Morgan fingerprint density at radius 1 is 1.53 bits per heavy atom. The van der Waals surface area contributed by atoms with Crippen LogP contribution in [0.15, 0.2) is 15.3 Å². The minimum absolute atomic E-state index is 0.145. The second-order valence-electron chi connectivity index (χ2n) is 4.42. The van der Waals surface area contributed by atoms with Crippen molar-refractivity contribution in [1.82, 2.24) is 10.3 Å². The number of hydrogen-bond acceptors (Lipinski definition) is 2. The number of aromatic amines is 1. The molecule has 0 aliphatic carbocycles. The normalized spacial score (nSPS) is 10.6. The van der Waals surface area contributed by atoms with Gasteiger partial charge in [0.05, 0.1) is 0 Å². The van der Waals surface area contributed by atoms with Crippen LogP contribution in [0.2, 0.25) is 0 Å². The minimum atomic E-state index is -0.354. The van der Waals surface area contributed by atoms with Crippen molar-refractivity contribution in [3.05, 3.63) is 32.2 Å². The highest BCUT2D eigenvalue weighted by atomic mass is 79.9. The molecule has 0 radical (unpaired) electrons. The van der Waals surface area contributed by atoms with Gasteiger partial charge in [0.2, 0.25) is 0 Å². The van der Waals surface area contributed by atoms with Gasteiger partial charge >= 0.3 is 0 Å². The number of nitrogens with one attached hydrogen (secondary N) is 2. The van der Waals surface area contributed by atoms with E-state index in [1.165, 1.54) is 0 Å². The van der Waals surface area contributed by atoms with Crippen LogP contribution in [-0.4, -0.2) is 17.4 Å². The van der Waals surface area contributed by atoms with Gasteiger partial charge in [0, 0.05) is 16.7 Å². The topological polar surface area (TPSA) is 62.0 Å². The van der Waals surface area contributed by atoms with Gasteiger partial charge in [0.1, 0.15) is 5.56 Å². The Bertz CT molecular complexity index is 466. The highest BCUT2D eigenvalue weighted by Crippen LogP contribution is 2.12. The van der Waals surface area contributed by atoms with Crippen molar-refractivity contribution in [2.24, 2.45) is 5.92 Å². The summed E-state index contributed by atoms with van der Waals surface area (Å²) in [6.45, 7) is 6.52. The smallest absolute Gasteiger partial charge is 0.261 e. The van der Waals surface area contributed by atoms with Gasteiger partial charge in [-0.3, -0.25) is 9.59 Å². The predicted molar refractivity (Wildman–Crippen MR) is 71.3 cm³/mol. The van der Waals surface area contributed by atoms with E-state index in [4.69, 9.17) is 0 Å². The Balaban J connectivity index is 2.76. The number of pyridine rings is 1. The Morgan fingerprint density at radius 3 is 2.76 bits per heavy atom. The fourth-order valence-corrected chi connectivity index (χ4v) is 1.66. The summed E-state index contributed by atoms with van der Waals surface area (Å²) in [5.41, 5.74) is 0.507. The molecule has 0 unspecified atom stereocenters. The van der Waals surface area contributed by atoms with E-state index in [2.05, 4.69) is 40.1 Å². The van der Waals surface area contributed by atoms with Crippen LogP contribution in [0, 0.1) is 12.8 Å². The van der Waals surface area contributed by atoms with E-state index in [0.29, 0.717) is 18.2 Å². The zero-order valence-electron chi connectivity index (χ0n) is 10.3. The second-order valence-corrected chi connectivity index (χ2v) is 5.28. The molecule has 1 heterocycles. The van der Waals surface area contributed by atoms with Crippen LogP contribution in [0.25, 0.3) is 0 Å². The van der Waals surface area contributed by atoms with Gasteiger partial charge in [-0.25, -0.2) is 0 Å². The largest absolute Gasteiger partial charge is 0.352 e. The first-order chi connectivity index (χ1) is 7.91. The summed E-state index contributed by atoms with van der Waals surface area (Å²) in [6.07, 6.45) is 0.899. The highest BCUT2D eigenvalue weighted by molar-refractivity contribution is 9.10. The zero-order valence-corrected chi connectivity index (χ0v) is 11.8.